The Hall–Kier alpha value is -0.850. The molecule has 0 aromatic carbocycles. The van der Waals surface area contributed by atoms with Crippen LogP contribution in [0.25, 0.3) is 10.4 Å². The summed E-state index contributed by atoms with van der Waals surface area (Å²) in [5.41, 5.74) is 8.33. The van der Waals surface area contributed by atoms with Gasteiger partial charge in [-0.15, -0.1) is 0 Å². The maximum absolute atomic E-state index is 9.53. The highest BCUT2D eigenvalue weighted by atomic mass is 16.7. The van der Waals surface area contributed by atoms with Gasteiger partial charge >= 0.3 is 0 Å². The van der Waals surface area contributed by atoms with Gasteiger partial charge in [-0.1, -0.05) is 5.11 Å². The number of rotatable bonds is 4. The standard InChI is InChI=1S/C8H15N3O4/c1-2-14-8-5(10-11-9)3-6(13)7(4-12)15-8/h5-8,12-13H,2-4H2,1H3/t5-,6+,7-,8+/m1/s1. The van der Waals surface area contributed by atoms with Gasteiger partial charge in [0, 0.05) is 11.5 Å². The summed E-state index contributed by atoms with van der Waals surface area (Å²) in [6.07, 6.45) is -1.96. The van der Waals surface area contributed by atoms with Crippen molar-refractivity contribution < 1.29 is 19.7 Å². The molecule has 0 aromatic heterocycles. The van der Waals surface area contributed by atoms with Crippen LogP contribution in [0, 0.1) is 0 Å². The van der Waals surface area contributed by atoms with Gasteiger partial charge in [-0.2, -0.15) is 0 Å². The van der Waals surface area contributed by atoms with E-state index in [4.69, 9.17) is 20.1 Å². The van der Waals surface area contributed by atoms with Gasteiger partial charge in [0.05, 0.1) is 18.8 Å². The summed E-state index contributed by atoms with van der Waals surface area (Å²) in [4.78, 5) is 2.67. The lowest BCUT2D eigenvalue weighted by molar-refractivity contribution is -0.235. The van der Waals surface area contributed by atoms with Crippen molar-refractivity contribution in [3.8, 4) is 0 Å². The second kappa shape index (κ2) is 5.89. The quantitative estimate of drug-likeness (QED) is 0.397. The molecule has 0 bridgehead atoms. The van der Waals surface area contributed by atoms with Gasteiger partial charge in [0.2, 0.25) is 0 Å². The second-order valence-electron chi connectivity index (χ2n) is 3.26. The molecule has 2 N–H and O–H groups in total. The van der Waals surface area contributed by atoms with E-state index in [9.17, 15) is 5.11 Å². The first-order chi connectivity index (χ1) is 7.22. The molecule has 1 saturated heterocycles. The topological polar surface area (TPSA) is 108 Å². The molecular weight excluding hydrogens is 202 g/mol. The maximum Gasteiger partial charge on any atom is 0.166 e. The Morgan fingerprint density at radius 1 is 1.67 bits per heavy atom. The van der Waals surface area contributed by atoms with E-state index in [1.165, 1.54) is 0 Å². The summed E-state index contributed by atoms with van der Waals surface area (Å²) in [6, 6.07) is -0.548. The van der Waals surface area contributed by atoms with E-state index in [1.54, 1.807) is 6.92 Å². The van der Waals surface area contributed by atoms with Gasteiger partial charge in [-0.25, -0.2) is 0 Å². The fourth-order valence-electron chi connectivity index (χ4n) is 1.51. The fraction of sp³-hybridized carbons (Fsp3) is 1.00. The molecule has 1 fully saturated rings. The first kappa shape index (κ1) is 12.2. The average Bonchev–Trinajstić information content (AvgIpc) is 2.22. The second-order valence-corrected chi connectivity index (χ2v) is 3.26. The molecule has 0 unspecified atom stereocenters. The minimum Gasteiger partial charge on any atom is -0.394 e. The van der Waals surface area contributed by atoms with Crippen molar-refractivity contribution in [1.29, 1.82) is 0 Å². The smallest absolute Gasteiger partial charge is 0.166 e. The van der Waals surface area contributed by atoms with Crippen molar-refractivity contribution >= 4 is 0 Å². The summed E-state index contributed by atoms with van der Waals surface area (Å²) in [5.74, 6) is 0. The molecule has 15 heavy (non-hydrogen) atoms. The summed E-state index contributed by atoms with van der Waals surface area (Å²) < 4.78 is 10.5. The molecule has 1 aliphatic rings. The van der Waals surface area contributed by atoms with E-state index in [0.29, 0.717) is 6.61 Å². The van der Waals surface area contributed by atoms with Crippen LogP contribution in [0.4, 0.5) is 0 Å². The highest BCUT2D eigenvalue weighted by Gasteiger charge is 2.36. The van der Waals surface area contributed by atoms with E-state index < -0.39 is 24.5 Å². The zero-order valence-corrected chi connectivity index (χ0v) is 8.48. The third-order valence-electron chi connectivity index (χ3n) is 2.25. The van der Waals surface area contributed by atoms with Crippen molar-refractivity contribution in [3.05, 3.63) is 10.4 Å². The molecule has 0 aliphatic carbocycles. The lowest BCUT2D eigenvalue weighted by atomic mass is 10.0. The normalized spacial score (nSPS) is 35.9. The number of azide groups is 1. The van der Waals surface area contributed by atoms with Crippen LogP contribution in [-0.2, 0) is 9.47 Å². The average molecular weight is 217 g/mol. The molecule has 0 saturated carbocycles. The van der Waals surface area contributed by atoms with Crippen molar-refractivity contribution in [2.24, 2.45) is 5.11 Å². The van der Waals surface area contributed by atoms with Crippen LogP contribution in [0.1, 0.15) is 13.3 Å². The number of hydrogen-bond acceptors (Lipinski definition) is 5. The van der Waals surface area contributed by atoms with E-state index in [-0.39, 0.29) is 13.0 Å². The SMILES string of the molecule is CCO[C@H]1O[C@H](CO)[C@@H](O)C[C@H]1N=[N+]=[N-]. The Morgan fingerprint density at radius 2 is 2.40 bits per heavy atom. The van der Waals surface area contributed by atoms with Gasteiger partial charge in [-0.05, 0) is 18.9 Å². The minimum atomic E-state index is -0.831. The van der Waals surface area contributed by atoms with Crippen LogP contribution in [0.15, 0.2) is 5.11 Å². The van der Waals surface area contributed by atoms with Gasteiger partial charge in [-0.3, -0.25) is 0 Å². The third-order valence-corrected chi connectivity index (χ3v) is 2.25. The lowest BCUT2D eigenvalue weighted by Gasteiger charge is -2.36. The first-order valence-corrected chi connectivity index (χ1v) is 4.83. The molecule has 4 atom stereocenters. The molecule has 86 valence electrons. The molecule has 0 radical (unpaired) electrons. The van der Waals surface area contributed by atoms with Gasteiger partial charge in [0.25, 0.3) is 0 Å². The van der Waals surface area contributed by atoms with Crippen molar-refractivity contribution in [1.82, 2.24) is 0 Å². The lowest BCUT2D eigenvalue weighted by Crippen LogP contribution is -2.49. The van der Waals surface area contributed by atoms with Gasteiger partial charge in [0.1, 0.15) is 6.10 Å². The number of aliphatic hydroxyl groups excluding tert-OH is 2. The number of aliphatic hydroxyl groups is 2. The van der Waals surface area contributed by atoms with Crippen LogP contribution in [-0.4, -0.2) is 48.0 Å². The zero-order valence-electron chi connectivity index (χ0n) is 8.48. The Kier molecular flexibility index (Phi) is 4.80. The van der Waals surface area contributed by atoms with E-state index in [0.717, 1.165) is 0 Å². The van der Waals surface area contributed by atoms with Crippen LogP contribution >= 0.6 is 0 Å². The Morgan fingerprint density at radius 3 is 2.93 bits per heavy atom. The third kappa shape index (κ3) is 3.05. The zero-order chi connectivity index (χ0) is 11.3. The predicted octanol–water partition coefficient (Wildman–Crippen LogP) is 0.170. The highest BCUT2D eigenvalue weighted by Crippen LogP contribution is 2.23. The molecule has 0 spiro atoms. The Balaban J connectivity index is 2.66. The first-order valence-electron chi connectivity index (χ1n) is 4.83. The monoisotopic (exact) mass is 217 g/mol. The molecule has 1 aliphatic heterocycles. The largest absolute Gasteiger partial charge is 0.394 e. The molecule has 0 amide bonds. The fourth-order valence-corrected chi connectivity index (χ4v) is 1.51. The number of hydrogen-bond donors (Lipinski definition) is 2. The van der Waals surface area contributed by atoms with Crippen LogP contribution in [0.5, 0.6) is 0 Å². The molecular formula is C8H15N3O4. The number of ether oxygens (including phenoxy) is 2. The number of nitrogens with zero attached hydrogens (tertiary/aromatic N) is 3. The predicted molar refractivity (Wildman–Crippen MR) is 50.9 cm³/mol. The highest BCUT2D eigenvalue weighted by molar-refractivity contribution is 4.85. The van der Waals surface area contributed by atoms with E-state index in [2.05, 4.69) is 10.0 Å². The molecule has 1 rings (SSSR count). The minimum absolute atomic E-state index is 0.236. The van der Waals surface area contributed by atoms with Crippen LogP contribution in [0.2, 0.25) is 0 Å². The van der Waals surface area contributed by atoms with Gasteiger partial charge in [0.15, 0.2) is 6.29 Å². The van der Waals surface area contributed by atoms with Gasteiger partial charge < -0.3 is 19.7 Å². The molecule has 7 heteroatoms. The molecule has 0 aromatic rings. The van der Waals surface area contributed by atoms with E-state index >= 15 is 0 Å². The maximum atomic E-state index is 9.53. The van der Waals surface area contributed by atoms with Crippen LogP contribution < -0.4 is 0 Å². The summed E-state index contributed by atoms with van der Waals surface area (Å²) >= 11 is 0. The molecule has 7 nitrogen and oxygen atoms in total. The van der Waals surface area contributed by atoms with E-state index in [1.807, 2.05) is 0 Å². The van der Waals surface area contributed by atoms with Crippen molar-refractivity contribution in [2.75, 3.05) is 13.2 Å². The Bertz CT molecular complexity index is 244. The Labute approximate surface area is 87.2 Å². The summed E-state index contributed by atoms with van der Waals surface area (Å²) in [7, 11) is 0. The van der Waals surface area contributed by atoms with Crippen molar-refractivity contribution in [2.45, 2.75) is 37.9 Å². The summed E-state index contributed by atoms with van der Waals surface area (Å²) in [6.45, 7) is 1.92. The van der Waals surface area contributed by atoms with Crippen molar-refractivity contribution in [3.63, 3.8) is 0 Å². The van der Waals surface area contributed by atoms with Crippen LogP contribution in [0.3, 0.4) is 0 Å². The molecule has 1 heterocycles. The summed E-state index contributed by atoms with van der Waals surface area (Å²) in [5, 5.41) is 21.9.